The molecule has 3 radical (unpaired) electrons. The number of hydrogen-bond donors (Lipinski definition) is 0. The van der Waals surface area contributed by atoms with Gasteiger partial charge < -0.3 is 9.47 Å². The smallest absolute Gasteiger partial charge is 0.144 e. The van der Waals surface area contributed by atoms with Crippen LogP contribution in [0.4, 0.5) is 0 Å². The highest BCUT2D eigenvalue weighted by atomic mass is 79.9. The van der Waals surface area contributed by atoms with Crippen molar-refractivity contribution in [2.24, 2.45) is 0 Å². The van der Waals surface area contributed by atoms with Gasteiger partial charge in [0.2, 0.25) is 0 Å². The summed E-state index contributed by atoms with van der Waals surface area (Å²) in [5, 5.41) is 0.972. The van der Waals surface area contributed by atoms with Crippen molar-refractivity contribution in [2.45, 2.75) is 32.1 Å². The Morgan fingerprint density at radius 3 is 2.08 bits per heavy atom. The molecular weight excluding hydrogens is 236 g/mol. The van der Waals surface area contributed by atoms with Gasteiger partial charge in [-0.25, -0.2) is 0 Å². The average Bonchev–Trinajstić information content (AvgIpc) is 2.02. The van der Waals surface area contributed by atoms with Gasteiger partial charge in [0.15, 0.2) is 0 Å². The minimum Gasteiger partial charge on any atom is -0.355 e. The summed E-state index contributed by atoms with van der Waals surface area (Å²) in [5.41, 5.74) is -0.572. The Hall–Kier alpha value is 0.617. The lowest BCUT2D eigenvalue weighted by Gasteiger charge is -2.29. The first-order valence-electron chi connectivity index (χ1n) is 4.27. The van der Waals surface area contributed by atoms with E-state index in [9.17, 15) is 0 Å². The third-order valence-electron chi connectivity index (χ3n) is 1.39. The van der Waals surface area contributed by atoms with E-state index in [0.717, 1.165) is 18.2 Å². The molecule has 0 aliphatic carbocycles. The molecule has 0 unspecified atom stereocenters. The van der Waals surface area contributed by atoms with Crippen molar-refractivity contribution < 1.29 is 9.47 Å². The van der Waals surface area contributed by atoms with E-state index in [4.69, 9.17) is 9.47 Å². The van der Waals surface area contributed by atoms with Crippen LogP contribution < -0.4 is 0 Å². The summed E-state index contributed by atoms with van der Waals surface area (Å²) in [6.45, 7) is 5.24. The van der Waals surface area contributed by atoms with E-state index >= 15 is 0 Å². The van der Waals surface area contributed by atoms with E-state index in [1.165, 1.54) is 0 Å². The molecule has 0 bridgehead atoms. The third-order valence-corrected chi connectivity index (χ3v) is 2.49. The molecule has 0 aromatic carbocycles. The number of hydrogen-bond acceptors (Lipinski definition) is 2. The molecule has 71 valence electrons. The molecule has 0 fully saturated rings. The average molecular weight is 252 g/mol. The number of ether oxygens (including phenoxy) is 2. The summed E-state index contributed by atoms with van der Waals surface area (Å²) in [6.07, 6.45) is 1.89. The summed E-state index contributed by atoms with van der Waals surface area (Å²) in [6, 6.07) is 0. The fourth-order valence-electron chi connectivity index (χ4n) is 0.952. The second kappa shape index (κ2) is 7.06. The summed E-state index contributed by atoms with van der Waals surface area (Å²) < 4.78 is 10.9. The summed E-state index contributed by atoms with van der Waals surface area (Å²) in [5.74, 6) is 0. The molecule has 4 heteroatoms. The quantitative estimate of drug-likeness (QED) is 0.392. The van der Waals surface area contributed by atoms with E-state index in [1.807, 2.05) is 13.8 Å². The second-order valence-corrected chi connectivity index (χ2v) is 3.97. The van der Waals surface area contributed by atoms with Crippen molar-refractivity contribution in [1.29, 1.82) is 0 Å². The van der Waals surface area contributed by atoms with Crippen LogP contribution in [0, 0.1) is 0 Å². The van der Waals surface area contributed by atoms with E-state index in [1.54, 1.807) is 0 Å². The molecule has 0 aliphatic heterocycles. The van der Waals surface area contributed by atoms with E-state index in [-0.39, 0.29) is 0 Å². The Balaban J connectivity index is 3.80. The van der Waals surface area contributed by atoms with Crippen molar-refractivity contribution >= 4 is 26.2 Å². The maximum Gasteiger partial charge on any atom is 0.144 e. The van der Waals surface area contributed by atoms with Crippen molar-refractivity contribution in [3.63, 3.8) is 0 Å². The number of rotatable bonds is 7. The first kappa shape index (κ1) is 12.6. The van der Waals surface area contributed by atoms with Gasteiger partial charge in [-0.05, 0) is 26.7 Å². The lowest BCUT2D eigenvalue weighted by Crippen LogP contribution is -2.36. The molecule has 0 heterocycles. The molecule has 0 atom stereocenters. The molecule has 0 N–H and O–H groups in total. The zero-order chi connectivity index (χ0) is 9.45. The third kappa shape index (κ3) is 5.30. The van der Waals surface area contributed by atoms with E-state index in [0.29, 0.717) is 13.2 Å². The fraction of sp³-hybridized carbons (Fsp3) is 1.00. The number of alkyl halides is 1. The van der Waals surface area contributed by atoms with Crippen molar-refractivity contribution in [3.05, 3.63) is 0 Å². The normalized spacial score (nSPS) is 12.0. The zero-order valence-electron chi connectivity index (χ0n) is 7.73. The van der Waals surface area contributed by atoms with Gasteiger partial charge in [-0.2, -0.15) is 0 Å². The van der Waals surface area contributed by atoms with Gasteiger partial charge in [0.1, 0.15) is 15.7 Å². The molecule has 0 saturated carbocycles. The van der Waals surface area contributed by atoms with Crippen molar-refractivity contribution in [2.75, 3.05) is 18.5 Å². The van der Waals surface area contributed by atoms with Crippen LogP contribution in [0.25, 0.3) is 0 Å². The Kier molecular flexibility index (Phi) is 7.43. The summed E-state index contributed by atoms with van der Waals surface area (Å²) >= 11 is 3.37. The van der Waals surface area contributed by atoms with Gasteiger partial charge in [-0.15, -0.1) is 0 Å². The summed E-state index contributed by atoms with van der Waals surface area (Å²) in [4.78, 5) is 0. The molecule has 12 heavy (non-hydrogen) atoms. The molecular formula is C8H16BrO2Si. The Bertz CT molecular complexity index is 105. The number of halogens is 1. The van der Waals surface area contributed by atoms with Gasteiger partial charge in [0.25, 0.3) is 0 Å². The fourth-order valence-corrected chi connectivity index (χ4v) is 1.70. The second-order valence-electron chi connectivity index (χ2n) is 2.41. The van der Waals surface area contributed by atoms with Gasteiger partial charge in [-0.1, -0.05) is 15.9 Å². The van der Waals surface area contributed by atoms with Crippen LogP contribution in [0.1, 0.15) is 26.7 Å². The lowest BCUT2D eigenvalue weighted by molar-refractivity contribution is -0.176. The topological polar surface area (TPSA) is 18.5 Å². The minimum atomic E-state index is -0.572. The summed E-state index contributed by atoms with van der Waals surface area (Å²) in [7, 11) is 3.49. The highest BCUT2D eigenvalue weighted by molar-refractivity contribution is 9.09. The molecule has 0 amide bonds. The predicted octanol–water partition coefficient (Wildman–Crippen LogP) is 2.06. The van der Waals surface area contributed by atoms with E-state index < -0.39 is 5.41 Å². The van der Waals surface area contributed by atoms with Crippen LogP contribution >= 0.6 is 15.9 Å². The Morgan fingerprint density at radius 2 is 1.75 bits per heavy atom. The van der Waals surface area contributed by atoms with Crippen molar-refractivity contribution in [3.8, 4) is 0 Å². The van der Waals surface area contributed by atoms with Gasteiger partial charge in [0, 0.05) is 18.5 Å². The standard InChI is InChI=1S/C8H16BrO2Si/c1-3-10-8(12,11-4-2)6-5-7-9/h3-7H2,1-2H3. The van der Waals surface area contributed by atoms with Crippen LogP contribution in [0.15, 0.2) is 0 Å². The maximum absolute atomic E-state index is 5.44. The molecule has 0 saturated heterocycles. The first-order valence-corrected chi connectivity index (χ1v) is 5.89. The first-order chi connectivity index (χ1) is 5.68. The van der Waals surface area contributed by atoms with Gasteiger partial charge >= 0.3 is 0 Å². The van der Waals surface area contributed by atoms with E-state index in [2.05, 4.69) is 26.2 Å². The molecule has 0 spiro atoms. The van der Waals surface area contributed by atoms with Crippen LogP contribution in [0.2, 0.25) is 0 Å². The molecule has 0 aliphatic rings. The SMILES string of the molecule is CCOC([Si])(CCCBr)OCC. The molecule has 0 aromatic heterocycles. The largest absolute Gasteiger partial charge is 0.355 e. The minimum absolute atomic E-state index is 0.572. The van der Waals surface area contributed by atoms with Gasteiger partial charge in [-0.3, -0.25) is 0 Å². The van der Waals surface area contributed by atoms with Crippen molar-refractivity contribution in [1.82, 2.24) is 0 Å². The highest BCUT2D eigenvalue weighted by Gasteiger charge is 2.23. The van der Waals surface area contributed by atoms with Crippen LogP contribution in [-0.2, 0) is 9.47 Å². The predicted molar refractivity (Wildman–Crippen MR) is 54.8 cm³/mol. The highest BCUT2D eigenvalue weighted by Crippen LogP contribution is 2.16. The van der Waals surface area contributed by atoms with Gasteiger partial charge in [0.05, 0.1) is 0 Å². The molecule has 0 aromatic rings. The maximum atomic E-state index is 5.44. The van der Waals surface area contributed by atoms with Crippen LogP contribution in [-0.4, -0.2) is 34.2 Å². The monoisotopic (exact) mass is 251 g/mol. The molecule has 2 nitrogen and oxygen atoms in total. The van der Waals surface area contributed by atoms with Crippen LogP contribution in [0.5, 0.6) is 0 Å². The lowest BCUT2D eigenvalue weighted by atomic mass is 10.3. The Morgan fingerprint density at radius 1 is 1.25 bits per heavy atom. The Labute approximate surface area is 86.6 Å². The van der Waals surface area contributed by atoms with Crippen LogP contribution in [0.3, 0.4) is 0 Å². The molecule has 0 rings (SSSR count). The zero-order valence-corrected chi connectivity index (χ0v) is 10.3.